The topological polar surface area (TPSA) is 80.2 Å². The number of fused-ring (bicyclic) bond motifs is 1. The highest BCUT2D eigenvalue weighted by Crippen LogP contribution is 2.24. The van der Waals surface area contributed by atoms with Gasteiger partial charge < -0.3 is 4.90 Å². The zero-order valence-electron chi connectivity index (χ0n) is 15.1. The molecule has 3 aromatic rings. The molecule has 1 aromatic heterocycles. The van der Waals surface area contributed by atoms with Crippen LogP contribution in [0, 0.1) is 0 Å². The summed E-state index contributed by atoms with van der Waals surface area (Å²) in [5.41, 5.74) is 3.34. The molecule has 8 heteroatoms. The van der Waals surface area contributed by atoms with E-state index >= 15 is 0 Å². The van der Waals surface area contributed by atoms with E-state index in [-0.39, 0.29) is 23.0 Å². The monoisotopic (exact) mass is 413 g/mol. The van der Waals surface area contributed by atoms with Crippen LogP contribution in [0.25, 0.3) is 16.6 Å². The van der Waals surface area contributed by atoms with Gasteiger partial charge in [0.1, 0.15) is 11.0 Å². The maximum absolute atomic E-state index is 12.7. The number of nitrogens with zero attached hydrogens (tertiary/aromatic N) is 3. The van der Waals surface area contributed by atoms with E-state index in [2.05, 4.69) is 20.9 Å². The van der Waals surface area contributed by atoms with E-state index < -0.39 is 9.84 Å². The van der Waals surface area contributed by atoms with Crippen molar-refractivity contribution in [1.29, 1.82) is 0 Å². The summed E-state index contributed by atoms with van der Waals surface area (Å²) in [6.45, 7) is 1.11. The third-order valence-electron chi connectivity index (χ3n) is 4.88. The minimum atomic E-state index is -3.60. The van der Waals surface area contributed by atoms with Crippen molar-refractivity contribution in [1.82, 2.24) is 13.6 Å². The maximum Gasteiger partial charge on any atom is 0.223 e. The van der Waals surface area contributed by atoms with Crippen molar-refractivity contribution in [3.8, 4) is 0 Å². The van der Waals surface area contributed by atoms with Gasteiger partial charge in [-0.1, -0.05) is 42.5 Å². The zero-order chi connectivity index (χ0) is 19.6. The smallest absolute Gasteiger partial charge is 0.223 e. The third-order valence-corrected chi connectivity index (χ3v) is 7.16. The molecule has 1 aliphatic heterocycles. The van der Waals surface area contributed by atoms with Gasteiger partial charge in [0.25, 0.3) is 0 Å². The summed E-state index contributed by atoms with van der Waals surface area (Å²) in [6, 6.07) is 15.0. The molecule has 6 nitrogen and oxygen atoms in total. The predicted molar refractivity (Wildman–Crippen MR) is 110 cm³/mol. The average molecular weight is 414 g/mol. The fourth-order valence-corrected chi connectivity index (χ4v) is 5.33. The molecule has 0 bridgehead atoms. The average Bonchev–Trinajstić information content (AvgIpc) is 3.21. The van der Waals surface area contributed by atoms with Crippen LogP contribution in [0.4, 0.5) is 0 Å². The largest absolute Gasteiger partial charge is 0.339 e. The number of benzene rings is 2. The van der Waals surface area contributed by atoms with Gasteiger partial charge in [0.05, 0.1) is 22.4 Å². The lowest BCUT2D eigenvalue weighted by Gasteiger charge is -2.26. The Kier molecular flexibility index (Phi) is 5.23. The number of hydrogen-bond acceptors (Lipinski definition) is 6. The van der Waals surface area contributed by atoms with Crippen molar-refractivity contribution < 1.29 is 13.2 Å². The molecule has 1 amide bonds. The van der Waals surface area contributed by atoms with E-state index in [1.165, 1.54) is 17.2 Å². The van der Waals surface area contributed by atoms with Crippen LogP contribution in [0.3, 0.4) is 0 Å². The van der Waals surface area contributed by atoms with Crippen molar-refractivity contribution in [2.75, 3.05) is 18.8 Å². The van der Waals surface area contributed by atoms with Gasteiger partial charge in [-0.15, -0.1) is 0 Å². The lowest BCUT2D eigenvalue weighted by molar-refractivity contribution is -0.130. The van der Waals surface area contributed by atoms with Crippen LogP contribution < -0.4 is 0 Å². The summed E-state index contributed by atoms with van der Waals surface area (Å²) in [7, 11) is -3.60. The molecule has 4 rings (SSSR count). The first-order valence-electron chi connectivity index (χ1n) is 9.01. The molecule has 28 heavy (non-hydrogen) atoms. The van der Waals surface area contributed by atoms with Crippen LogP contribution in [0.5, 0.6) is 0 Å². The van der Waals surface area contributed by atoms with Gasteiger partial charge in [0.15, 0.2) is 9.84 Å². The molecule has 0 radical (unpaired) electrons. The normalized spacial score (nSPS) is 14.9. The first kappa shape index (κ1) is 18.8. The Balaban J connectivity index is 1.41. The van der Waals surface area contributed by atoms with E-state index in [0.29, 0.717) is 24.1 Å². The molecule has 0 N–H and O–H groups in total. The molecule has 2 heterocycles. The van der Waals surface area contributed by atoms with Crippen molar-refractivity contribution in [2.24, 2.45) is 0 Å². The SMILES string of the molecule is O=C(CCS(=O)(=O)c1cccc2nsnc12)N1CC=C(c2ccccc2)CC1. The second kappa shape index (κ2) is 7.81. The lowest BCUT2D eigenvalue weighted by atomic mass is 9.99. The van der Waals surface area contributed by atoms with Gasteiger partial charge in [0.2, 0.25) is 5.91 Å². The van der Waals surface area contributed by atoms with Gasteiger partial charge in [-0.3, -0.25) is 4.79 Å². The maximum atomic E-state index is 12.7. The molecule has 0 saturated carbocycles. The van der Waals surface area contributed by atoms with Crippen molar-refractivity contribution in [2.45, 2.75) is 17.7 Å². The molecule has 0 atom stereocenters. The molecular weight excluding hydrogens is 394 g/mol. The predicted octanol–water partition coefficient (Wildman–Crippen LogP) is 3.17. The number of amides is 1. The van der Waals surface area contributed by atoms with Gasteiger partial charge in [-0.05, 0) is 29.7 Å². The third kappa shape index (κ3) is 3.83. The summed E-state index contributed by atoms with van der Waals surface area (Å²) in [6.07, 6.45) is 2.78. The Morgan fingerprint density at radius 3 is 2.64 bits per heavy atom. The first-order valence-corrected chi connectivity index (χ1v) is 11.4. The number of carbonyl (C=O) groups is 1. The Morgan fingerprint density at radius 1 is 1.07 bits per heavy atom. The quantitative estimate of drug-likeness (QED) is 0.642. The van der Waals surface area contributed by atoms with Gasteiger partial charge >= 0.3 is 0 Å². The van der Waals surface area contributed by atoms with E-state index in [1.807, 2.05) is 24.3 Å². The van der Waals surface area contributed by atoms with Crippen molar-refractivity contribution in [3.05, 3.63) is 60.2 Å². The van der Waals surface area contributed by atoms with Crippen LogP contribution in [0.15, 0.2) is 59.5 Å². The fraction of sp³-hybridized carbons (Fsp3) is 0.250. The number of rotatable bonds is 5. The molecule has 1 aliphatic rings. The highest BCUT2D eigenvalue weighted by Gasteiger charge is 2.24. The number of carbonyl (C=O) groups excluding carboxylic acids is 1. The number of aromatic nitrogens is 2. The van der Waals surface area contributed by atoms with Crippen LogP contribution in [-0.2, 0) is 14.6 Å². The fourth-order valence-electron chi connectivity index (χ4n) is 3.33. The molecule has 0 saturated heterocycles. The number of sulfone groups is 1. The van der Waals surface area contributed by atoms with E-state index in [9.17, 15) is 13.2 Å². The molecule has 2 aromatic carbocycles. The molecule has 144 valence electrons. The summed E-state index contributed by atoms with van der Waals surface area (Å²) < 4.78 is 33.6. The first-order chi connectivity index (χ1) is 13.5. The second-order valence-corrected chi connectivity index (χ2v) is 9.25. The molecule has 0 unspecified atom stereocenters. The Hall–Kier alpha value is -2.58. The van der Waals surface area contributed by atoms with Crippen LogP contribution >= 0.6 is 11.7 Å². The lowest BCUT2D eigenvalue weighted by Crippen LogP contribution is -2.35. The Morgan fingerprint density at radius 2 is 1.89 bits per heavy atom. The summed E-state index contributed by atoms with van der Waals surface area (Å²) in [4.78, 5) is 14.4. The summed E-state index contributed by atoms with van der Waals surface area (Å²) in [5.74, 6) is -0.371. The van der Waals surface area contributed by atoms with Crippen LogP contribution in [-0.4, -0.2) is 46.8 Å². The van der Waals surface area contributed by atoms with Crippen LogP contribution in [0.1, 0.15) is 18.4 Å². The minimum Gasteiger partial charge on any atom is -0.339 e. The summed E-state index contributed by atoms with van der Waals surface area (Å²) >= 11 is 0.983. The Labute approximate surface area is 167 Å². The van der Waals surface area contributed by atoms with Crippen molar-refractivity contribution >= 4 is 44.1 Å². The van der Waals surface area contributed by atoms with Crippen molar-refractivity contribution in [3.63, 3.8) is 0 Å². The Bertz CT molecular complexity index is 1140. The van der Waals surface area contributed by atoms with Gasteiger partial charge in [0, 0.05) is 19.5 Å². The molecular formula is C20H19N3O3S2. The standard InChI is InChI=1S/C20H19N3O3S2/c24-19(23-12-9-16(10-13-23)15-5-2-1-3-6-15)11-14-28(25,26)18-8-4-7-17-20(18)22-27-21-17/h1-9H,10-14H2. The highest BCUT2D eigenvalue weighted by molar-refractivity contribution is 7.91. The van der Waals surface area contributed by atoms with E-state index in [4.69, 9.17) is 0 Å². The van der Waals surface area contributed by atoms with Crippen LogP contribution in [0.2, 0.25) is 0 Å². The van der Waals surface area contributed by atoms with Gasteiger partial charge in [-0.25, -0.2) is 8.42 Å². The van der Waals surface area contributed by atoms with E-state index in [0.717, 1.165) is 18.1 Å². The highest BCUT2D eigenvalue weighted by atomic mass is 32.2. The second-order valence-electron chi connectivity index (χ2n) is 6.64. The summed E-state index contributed by atoms with van der Waals surface area (Å²) in [5, 5.41) is 0. The minimum absolute atomic E-state index is 0.0369. The molecule has 0 spiro atoms. The van der Waals surface area contributed by atoms with Gasteiger partial charge in [-0.2, -0.15) is 8.75 Å². The molecule has 0 aliphatic carbocycles. The van der Waals surface area contributed by atoms with E-state index in [1.54, 1.807) is 17.0 Å². The molecule has 0 fully saturated rings. The zero-order valence-corrected chi connectivity index (χ0v) is 16.7. The number of hydrogen-bond donors (Lipinski definition) is 0.